The lowest BCUT2D eigenvalue weighted by atomic mass is 10.0. The van der Waals surface area contributed by atoms with Crippen molar-refractivity contribution < 1.29 is 9.90 Å². The van der Waals surface area contributed by atoms with Crippen LogP contribution in [0.5, 0.6) is 0 Å². The van der Waals surface area contributed by atoms with Gasteiger partial charge in [-0.3, -0.25) is 4.79 Å². The fourth-order valence-electron chi connectivity index (χ4n) is 1.70. The largest absolute Gasteiger partial charge is 0.394 e. The molecule has 0 heterocycles. The standard InChI is InChI=1S/C14H20ClNO2S/c1-10(2)7-12(8-17)16-14(18)9-19-13-5-3-11(15)4-6-13/h3-6,10,12,17H,7-9H2,1-2H3,(H,16,18). The molecule has 1 aromatic carbocycles. The van der Waals surface area contributed by atoms with Gasteiger partial charge in [0, 0.05) is 9.92 Å². The molecular weight excluding hydrogens is 282 g/mol. The SMILES string of the molecule is CC(C)CC(CO)NC(=O)CSc1ccc(Cl)cc1. The number of aliphatic hydroxyl groups is 1. The number of thioether (sulfide) groups is 1. The highest BCUT2D eigenvalue weighted by molar-refractivity contribution is 8.00. The van der Waals surface area contributed by atoms with E-state index in [2.05, 4.69) is 19.2 Å². The van der Waals surface area contributed by atoms with Gasteiger partial charge in [-0.15, -0.1) is 11.8 Å². The van der Waals surface area contributed by atoms with Crippen LogP contribution in [0.1, 0.15) is 20.3 Å². The smallest absolute Gasteiger partial charge is 0.230 e. The Morgan fingerprint density at radius 2 is 2.00 bits per heavy atom. The normalized spacial score (nSPS) is 12.5. The lowest BCUT2D eigenvalue weighted by molar-refractivity contribution is -0.119. The molecule has 3 nitrogen and oxygen atoms in total. The third kappa shape index (κ3) is 6.85. The number of carbonyl (C=O) groups excluding carboxylic acids is 1. The minimum absolute atomic E-state index is 0.0183. The number of benzene rings is 1. The topological polar surface area (TPSA) is 49.3 Å². The number of amides is 1. The van der Waals surface area contributed by atoms with Gasteiger partial charge in [0.1, 0.15) is 0 Å². The van der Waals surface area contributed by atoms with E-state index in [0.717, 1.165) is 11.3 Å². The highest BCUT2D eigenvalue weighted by atomic mass is 35.5. The van der Waals surface area contributed by atoms with E-state index >= 15 is 0 Å². The van der Waals surface area contributed by atoms with Crippen molar-refractivity contribution in [2.24, 2.45) is 5.92 Å². The van der Waals surface area contributed by atoms with Gasteiger partial charge in [0.2, 0.25) is 5.91 Å². The Morgan fingerprint density at radius 1 is 1.37 bits per heavy atom. The quantitative estimate of drug-likeness (QED) is 0.761. The zero-order valence-electron chi connectivity index (χ0n) is 11.2. The second-order valence-corrected chi connectivity index (χ2v) is 6.30. The third-order valence-electron chi connectivity index (χ3n) is 2.52. The van der Waals surface area contributed by atoms with Gasteiger partial charge >= 0.3 is 0 Å². The average molecular weight is 302 g/mol. The Hall–Kier alpha value is -0.710. The van der Waals surface area contributed by atoms with Gasteiger partial charge in [0.05, 0.1) is 18.4 Å². The Bertz CT molecular complexity index is 395. The molecule has 0 aromatic heterocycles. The predicted octanol–water partition coefficient (Wildman–Crippen LogP) is 2.96. The van der Waals surface area contributed by atoms with Crippen LogP contribution < -0.4 is 5.32 Å². The molecular formula is C14H20ClNO2S. The summed E-state index contributed by atoms with van der Waals surface area (Å²) in [5, 5.41) is 12.7. The zero-order chi connectivity index (χ0) is 14.3. The molecule has 0 bridgehead atoms. The molecule has 0 aliphatic heterocycles. The maximum absolute atomic E-state index is 11.8. The molecule has 1 aromatic rings. The van der Waals surface area contributed by atoms with Gasteiger partial charge in [-0.1, -0.05) is 25.4 Å². The number of rotatable bonds is 7. The highest BCUT2D eigenvalue weighted by Gasteiger charge is 2.13. The molecule has 5 heteroatoms. The van der Waals surface area contributed by atoms with Crippen LogP contribution in [0.4, 0.5) is 0 Å². The van der Waals surface area contributed by atoms with Crippen LogP contribution in [-0.2, 0) is 4.79 Å². The summed E-state index contributed by atoms with van der Waals surface area (Å²) in [6, 6.07) is 7.22. The minimum Gasteiger partial charge on any atom is -0.394 e. The van der Waals surface area contributed by atoms with Gasteiger partial charge < -0.3 is 10.4 Å². The number of hydrogen-bond donors (Lipinski definition) is 2. The van der Waals surface area contributed by atoms with Gasteiger partial charge in [-0.05, 0) is 36.6 Å². The van der Waals surface area contributed by atoms with E-state index in [-0.39, 0.29) is 18.6 Å². The van der Waals surface area contributed by atoms with Crippen LogP contribution >= 0.6 is 23.4 Å². The fourth-order valence-corrected chi connectivity index (χ4v) is 2.53. The van der Waals surface area contributed by atoms with E-state index in [1.807, 2.05) is 12.1 Å². The van der Waals surface area contributed by atoms with Crippen molar-refractivity contribution >= 4 is 29.3 Å². The first-order chi connectivity index (χ1) is 9.01. The van der Waals surface area contributed by atoms with Crippen molar-refractivity contribution in [3.05, 3.63) is 29.3 Å². The first-order valence-electron chi connectivity index (χ1n) is 6.30. The second kappa shape index (κ2) is 8.46. The lowest BCUT2D eigenvalue weighted by Crippen LogP contribution is -2.39. The molecule has 2 N–H and O–H groups in total. The van der Waals surface area contributed by atoms with Crippen molar-refractivity contribution in [1.82, 2.24) is 5.32 Å². The molecule has 0 spiro atoms. The average Bonchev–Trinajstić information content (AvgIpc) is 2.36. The Kier molecular flexibility index (Phi) is 7.28. The number of carbonyl (C=O) groups is 1. The third-order valence-corrected chi connectivity index (χ3v) is 3.79. The number of aliphatic hydroxyl groups excluding tert-OH is 1. The predicted molar refractivity (Wildman–Crippen MR) is 80.6 cm³/mol. The molecule has 0 saturated carbocycles. The van der Waals surface area contributed by atoms with Crippen molar-refractivity contribution in [1.29, 1.82) is 0 Å². The minimum atomic E-state index is -0.154. The first kappa shape index (κ1) is 16.3. The molecule has 0 radical (unpaired) electrons. The number of halogens is 1. The molecule has 0 saturated heterocycles. The summed E-state index contributed by atoms with van der Waals surface area (Å²) in [6.45, 7) is 4.12. The number of nitrogens with one attached hydrogen (secondary N) is 1. The van der Waals surface area contributed by atoms with Crippen LogP contribution in [-0.4, -0.2) is 29.4 Å². The molecule has 1 unspecified atom stereocenters. The van der Waals surface area contributed by atoms with Gasteiger partial charge in [0.25, 0.3) is 0 Å². The zero-order valence-corrected chi connectivity index (χ0v) is 12.8. The lowest BCUT2D eigenvalue weighted by Gasteiger charge is -2.18. The van der Waals surface area contributed by atoms with Gasteiger partial charge in [-0.25, -0.2) is 0 Å². The summed E-state index contributed by atoms with van der Waals surface area (Å²) in [6.07, 6.45) is 0.786. The summed E-state index contributed by atoms with van der Waals surface area (Å²) in [5.41, 5.74) is 0. The maximum Gasteiger partial charge on any atom is 0.230 e. The van der Waals surface area contributed by atoms with E-state index in [1.54, 1.807) is 12.1 Å². The Labute approximate surface area is 123 Å². The van der Waals surface area contributed by atoms with E-state index in [0.29, 0.717) is 16.7 Å². The Morgan fingerprint density at radius 3 is 2.53 bits per heavy atom. The molecule has 1 amide bonds. The van der Waals surface area contributed by atoms with Gasteiger partial charge in [-0.2, -0.15) is 0 Å². The second-order valence-electron chi connectivity index (χ2n) is 4.82. The molecule has 0 aliphatic carbocycles. The molecule has 106 valence electrons. The van der Waals surface area contributed by atoms with E-state index in [1.165, 1.54) is 11.8 Å². The van der Waals surface area contributed by atoms with Crippen LogP contribution in [0.25, 0.3) is 0 Å². The van der Waals surface area contributed by atoms with Crippen molar-refractivity contribution in [2.75, 3.05) is 12.4 Å². The van der Waals surface area contributed by atoms with E-state index in [9.17, 15) is 9.90 Å². The maximum atomic E-state index is 11.8. The summed E-state index contributed by atoms with van der Waals surface area (Å²) in [7, 11) is 0. The summed E-state index contributed by atoms with van der Waals surface area (Å²) in [5.74, 6) is 0.733. The number of hydrogen-bond acceptors (Lipinski definition) is 3. The molecule has 0 aliphatic rings. The molecule has 0 fully saturated rings. The van der Waals surface area contributed by atoms with Crippen LogP contribution in [0, 0.1) is 5.92 Å². The van der Waals surface area contributed by atoms with Crippen molar-refractivity contribution in [3.8, 4) is 0 Å². The summed E-state index contributed by atoms with van der Waals surface area (Å²) in [4.78, 5) is 12.8. The van der Waals surface area contributed by atoms with Crippen molar-refractivity contribution in [3.63, 3.8) is 0 Å². The van der Waals surface area contributed by atoms with Gasteiger partial charge in [0.15, 0.2) is 0 Å². The summed E-state index contributed by atoms with van der Waals surface area (Å²) >= 11 is 7.25. The molecule has 1 atom stereocenters. The van der Waals surface area contributed by atoms with Crippen LogP contribution in [0.15, 0.2) is 29.2 Å². The van der Waals surface area contributed by atoms with Crippen LogP contribution in [0.2, 0.25) is 5.02 Å². The highest BCUT2D eigenvalue weighted by Crippen LogP contribution is 2.20. The van der Waals surface area contributed by atoms with E-state index in [4.69, 9.17) is 11.6 Å². The Balaban J connectivity index is 2.36. The van der Waals surface area contributed by atoms with Crippen LogP contribution in [0.3, 0.4) is 0 Å². The van der Waals surface area contributed by atoms with E-state index < -0.39 is 0 Å². The molecule has 1 rings (SSSR count). The fraction of sp³-hybridized carbons (Fsp3) is 0.500. The first-order valence-corrected chi connectivity index (χ1v) is 7.66. The van der Waals surface area contributed by atoms with Crippen molar-refractivity contribution in [2.45, 2.75) is 31.2 Å². The molecule has 19 heavy (non-hydrogen) atoms. The summed E-state index contributed by atoms with van der Waals surface area (Å²) < 4.78 is 0. The monoisotopic (exact) mass is 301 g/mol.